The molecule has 2 N–H and O–H groups in total. The Balaban J connectivity index is 3.05. The molecular weight excluding hydrogens is 196 g/mol. The maximum absolute atomic E-state index is 10.5. The summed E-state index contributed by atoms with van der Waals surface area (Å²) < 4.78 is 0. The molecule has 0 aromatic carbocycles. The fourth-order valence-corrected chi connectivity index (χ4v) is 1.41. The molecule has 82 valence electrons. The van der Waals surface area contributed by atoms with E-state index in [0.29, 0.717) is 12.0 Å². The Labute approximate surface area is 88.0 Å². The minimum atomic E-state index is -0.841. The van der Waals surface area contributed by atoms with Crippen molar-refractivity contribution in [3.63, 3.8) is 0 Å². The van der Waals surface area contributed by atoms with Gasteiger partial charge in [0.05, 0.1) is 0 Å². The van der Waals surface area contributed by atoms with Crippen LogP contribution in [-0.4, -0.2) is 33.9 Å². The normalized spacial score (nSPS) is 14.4. The Bertz CT molecular complexity index is 331. The summed E-state index contributed by atoms with van der Waals surface area (Å²) in [5, 5.41) is 18.9. The molecule has 2 unspecified atom stereocenters. The lowest BCUT2D eigenvalue weighted by Crippen LogP contribution is -2.40. The fraction of sp³-hybridized carbons (Fsp3) is 0.400. The number of pyridine rings is 1. The third kappa shape index (κ3) is 2.74. The van der Waals surface area contributed by atoms with Crippen LogP contribution in [0.4, 0.5) is 5.69 Å². The van der Waals surface area contributed by atoms with Gasteiger partial charge in [0.25, 0.3) is 0 Å². The molecule has 0 saturated heterocycles. The van der Waals surface area contributed by atoms with Crippen molar-refractivity contribution in [1.29, 1.82) is 0 Å². The van der Waals surface area contributed by atoms with Crippen molar-refractivity contribution in [2.75, 3.05) is 4.90 Å². The number of aromatic nitrogens is 1. The van der Waals surface area contributed by atoms with Gasteiger partial charge >= 0.3 is 0 Å². The largest absolute Gasteiger partial charge is 0.374 e. The molecular formula is C10H14N2O3. The molecule has 0 aliphatic carbocycles. The standard InChI is InChI=1S/C10H14N2O3/c1-7(14)12(8(2)15)10-3-4-11-9(5-10)6-13/h3-8,14-15H,1-2H3. The predicted molar refractivity (Wildman–Crippen MR) is 55.5 cm³/mol. The van der Waals surface area contributed by atoms with E-state index in [1.807, 2.05) is 0 Å². The first-order valence-electron chi connectivity index (χ1n) is 4.62. The van der Waals surface area contributed by atoms with Crippen LogP contribution in [0.1, 0.15) is 24.3 Å². The average molecular weight is 210 g/mol. The lowest BCUT2D eigenvalue weighted by molar-refractivity contribution is 0.104. The number of rotatable bonds is 4. The molecule has 1 heterocycles. The van der Waals surface area contributed by atoms with E-state index in [0.717, 1.165) is 0 Å². The van der Waals surface area contributed by atoms with Crippen LogP contribution in [0.2, 0.25) is 0 Å². The molecule has 15 heavy (non-hydrogen) atoms. The van der Waals surface area contributed by atoms with E-state index in [2.05, 4.69) is 4.98 Å². The molecule has 1 rings (SSSR count). The summed E-state index contributed by atoms with van der Waals surface area (Å²) >= 11 is 0. The van der Waals surface area contributed by atoms with Crippen LogP contribution in [-0.2, 0) is 0 Å². The molecule has 0 bridgehead atoms. The van der Waals surface area contributed by atoms with Crippen molar-refractivity contribution in [2.45, 2.75) is 26.3 Å². The third-order valence-electron chi connectivity index (χ3n) is 1.99. The van der Waals surface area contributed by atoms with Crippen LogP contribution >= 0.6 is 0 Å². The fourth-order valence-electron chi connectivity index (χ4n) is 1.41. The molecule has 0 radical (unpaired) electrons. The number of anilines is 1. The van der Waals surface area contributed by atoms with Gasteiger partial charge in [-0.05, 0) is 26.0 Å². The van der Waals surface area contributed by atoms with Gasteiger partial charge in [-0.1, -0.05) is 0 Å². The Morgan fingerprint density at radius 3 is 2.47 bits per heavy atom. The van der Waals surface area contributed by atoms with Crippen molar-refractivity contribution in [3.05, 3.63) is 24.0 Å². The minimum absolute atomic E-state index is 0.263. The third-order valence-corrected chi connectivity index (χ3v) is 1.99. The van der Waals surface area contributed by atoms with Gasteiger partial charge in [0.2, 0.25) is 0 Å². The van der Waals surface area contributed by atoms with Gasteiger partial charge in [-0.2, -0.15) is 0 Å². The van der Waals surface area contributed by atoms with E-state index in [1.54, 1.807) is 6.07 Å². The molecule has 2 atom stereocenters. The van der Waals surface area contributed by atoms with Gasteiger partial charge in [-0.25, -0.2) is 0 Å². The van der Waals surface area contributed by atoms with Crippen molar-refractivity contribution >= 4 is 12.0 Å². The van der Waals surface area contributed by atoms with Crippen molar-refractivity contribution in [3.8, 4) is 0 Å². The molecule has 0 spiro atoms. The highest BCUT2D eigenvalue weighted by Crippen LogP contribution is 2.18. The van der Waals surface area contributed by atoms with Crippen LogP contribution in [0.15, 0.2) is 18.3 Å². The van der Waals surface area contributed by atoms with Crippen molar-refractivity contribution in [2.24, 2.45) is 0 Å². The topological polar surface area (TPSA) is 73.7 Å². The van der Waals surface area contributed by atoms with Crippen LogP contribution in [0, 0.1) is 0 Å². The number of aliphatic hydroxyl groups is 2. The van der Waals surface area contributed by atoms with E-state index in [1.165, 1.54) is 31.0 Å². The summed E-state index contributed by atoms with van der Waals surface area (Å²) in [4.78, 5) is 15.7. The Morgan fingerprint density at radius 2 is 2.00 bits per heavy atom. The van der Waals surface area contributed by atoms with Crippen LogP contribution in [0.25, 0.3) is 0 Å². The van der Waals surface area contributed by atoms with Crippen molar-refractivity contribution < 1.29 is 15.0 Å². The Hall–Kier alpha value is -1.46. The highest BCUT2D eigenvalue weighted by Gasteiger charge is 2.16. The van der Waals surface area contributed by atoms with Gasteiger partial charge < -0.3 is 15.1 Å². The van der Waals surface area contributed by atoms with Gasteiger partial charge in [0.1, 0.15) is 18.1 Å². The van der Waals surface area contributed by atoms with Gasteiger partial charge in [-0.3, -0.25) is 9.78 Å². The highest BCUT2D eigenvalue weighted by atomic mass is 16.3. The van der Waals surface area contributed by atoms with E-state index in [4.69, 9.17) is 0 Å². The molecule has 0 saturated carbocycles. The average Bonchev–Trinajstić information content (AvgIpc) is 2.17. The molecule has 0 aliphatic rings. The van der Waals surface area contributed by atoms with Gasteiger partial charge in [0, 0.05) is 11.9 Å². The summed E-state index contributed by atoms with van der Waals surface area (Å²) in [6, 6.07) is 3.12. The number of carbonyl (C=O) groups is 1. The number of aliphatic hydroxyl groups excluding tert-OH is 2. The summed E-state index contributed by atoms with van der Waals surface area (Å²) in [7, 11) is 0. The second kappa shape index (κ2) is 4.86. The summed E-state index contributed by atoms with van der Waals surface area (Å²) in [5.41, 5.74) is 0.816. The quantitative estimate of drug-likeness (QED) is 0.555. The summed E-state index contributed by atoms with van der Waals surface area (Å²) in [5.74, 6) is 0. The monoisotopic (exact) mass is 210 g/mol. The lowest BCUT2D eigenvalue weighted by atomic mass is 10.3. The summed E-state index contributed by atoms with van der Waals surface area (Å²) in [6.07, 6.45) is 0.390. The highest BCUT2D eigenvalue weighted by molar-refractivity contribution is 5.74. The van der Waals surface area contributed by atoms with Crippen LogP contribution in [0.5, 0.6) is 0 Å². The van der Waals surface area contributed by atoms with Gasteiger partial charge in [-0.15, -0.1) is 0 Å². The summed E-state index contributed by atoms with van der Waals surface area (Å²) in [6.45, 7) is 3.07. The second-order valence-electron chi connectivity index (χ2n) is 3.23. The number of aldehydes is 1. The van der Waals surface area contributed by atoms with Gasteiger partial charge in [0.15, 0.2) is 6.29 Å². The molecule has 1 aromatic rings. The van der Waals surface area contributed by atoms with E-state index in [-0.39, 0.29) is 5.69 Å². The molecule has 5 heteroatoms. The van der Waals surface area contributed by atoms with E-state index < -0.39 is 12.5 Å². The number of nitrogens with zero attached hydrogens (tertiary/aromatic N) is 2. The zero-order chi connectivity index (χ0) is 11.4. The zero-order valence-corrected chi connectivity index (χ0v) is 8.66. The SMILES string of the molecule is CC(O)N(c1ccnc(C=O)c1)C(C)O. The maximum Gasteiger partial charge on any atom is 0.168 e. The number of hydrogen-bond donors (Lipinski definition) is 2. The first kappa shape index (κ1) is 11.6. The zero-order valence-electron chi connectivity index (χ0n) is 8.66. The van der Waals surface area contributed by atoms with Crippen molar-refractivity contribution in [1.82, 2.24) is 4.98 Å². The minimum Gasteiger partial charge on any atom is -0.374 e. The maximum atomic E-state index is 10.5. The molecule has 1 aromatic heterocycles. The predicted octanol–water partition coefficient (Wildman–Crippen LogP) is 0.377. The molecule has 0 amide bonds. The second-order valence-corrected chi connectivity index (χ2v) is 3.23. The first-order chi connectivity index (χ1) is 7.06. The number of hydrogen-bond acceptors (Lipinski definition) is 5. The number of carbonyl (C=O) groups excluding carboxylic acids is 1. The van der Waals surface area contributed by atoms with Crippen LogP contribution in [0.3, 0.4) is 0 Å². The smallest absolute Gasteiger partial charge is 0.168 e. The lowest BCUT2D eigenvalue weighted by Gasteiger charge is -2.30. The van der Waals surface area contributed by atoms with E-state index in [9.17, 15) is 15.0 Å². The Kier molecular flexibility index (Phi) is 3.76. The molecule has 5 nitrogen and oxygen atoms in total. The first-order valence-corrected chi connectivity index (χ1v) is 4.62. The molecule has 0 aliphatic heterocycles. The molecule has 0 fully saturated rings. The van der Waals surface area contributed by atoms with E-state index >= 15 is 0 Å². The Morgan fingerprint density at radius 1 is 1.40 bits per heavy atom. The van der Waals surface area contributed by atoms with Crippen LogP contribution < -0.4 is 4.90 Å².